The molecule has 0 aromatic carbocycles. The number of rotatable bonds is 1. The van der Waals surface area contributed by atoms with Gasteiger partial charge in [0.1, 0.15) is 6.10 Å². The molecule has 0 aromatic heterocycles. The smallest absolute Gasteiger partial charge is 0.162 e. The molecule has 4 aliphatic carbocycles. The number of Topliss-reactive ketones (excluding diaryl/α,β-unsaturated/α-hetero) is 1. The molecule has 130 valence electrons. The van der Waals surface area contributed by atoms with Crippen LogP contribution in [0.4, 0.5) is 0 Å². The predicted molar refractivity (Wildman–Crippen MR) is 88.7 cm³/mol. The van der Waals surface area contributed by atoms with E-state index in [2.05, 4.69) is 20.8 Å². The first-order chi connectivity index (χ1) is 10.7. The van der Waals surface area contributed by atoms with Crippen LogP contribution in [0.15, 0.2) is 0 Å². The molecule has 0 amide bonds. The van der Waals surface area contributed by atoms with Crippen LogP contribution in [0.2, 0.25) is 0 Å². The molecular weight excluding hydrogens is 288 g/mol. The topological polar surface area (TPSA) is 57.5 Å². The summed E-state index contributed by atoms with van der Waals surface area (Å²) < 4.78 is 0. The Balaban J connectivity index is 1.73. The summed E-state index contributed by atoms with van der Waals surface area (Å²) in [6.07, 6.45) is 7.00. The zero-order valence-corrected chi connectivity index (χ0v) is 14.8. The molecule has 3 nitrogen and oxygen atoms in total. The van der Waals surface area contributed by atoms with Gasteiger partial charge in [0.2, 0.25) is 0 Å². The van der Waals surface area contributed by atoms with Gasteiger partial charge in [-0.2, -0.15) is 0 Å². The van der Waals surface area contributed by atoms with Crippen LogP contribution in [0.5, 0.6) is 0 Å². The van der Waals surface area contributed by atoms with Crippen molar-refractivity contribution in [3.63, 3.8) is 0 Å². The predicted octanol–water partition coefficient (Wildman–Crippen LogP) is 3.18. The number of carbonyl (C=O) groups is 1. The van der Waals surface area contributed by atoms with Crippen LogP contribution in [-0.4, -0.2) is 28.7 Å². The van der Waals surface area contributed by atoms with Crippen LogP contribution in [0.1, 0.15) is 65.7 Å². The van der Waals surface area contributed by atoms with Gasteiger partial charge in [0.05, 0.1) is 0 Å². The van der Waals surface area contributed by atoms with Crippen molar-refractivity contribution in [2.75, 3.05) is 6.61 Å². The van der Waals surface area contributed by atoms with Crippen molar-refractivity contribution in [2.45, 2.75) is 71.8 Å². The van der Waals surface area contributed by atoms with Crippen LogP contribution in [0.3, 0.4) is 0 Å². The third-order valence-corrected chi connectivity index (χ3v) is 8.79. The molecule has 4 aliphatic rings. The highest BCUT2D eigenvalue weighted by Gasteiger charge is 2.66. The van der Waals surface area contributed by atoms with Gasteiger partial charge in [0.15, 0.2) is 5.78 Å². The van der Waals surface area contributed by atoms with Crippen molar-refractivity contribution < 1.29 is 15.0 Å². The molecule has 4 saturated carbocycles. The zero-order chi connectivity index (χ0) is 16.6. The molecule has 1 spiro atoms. The van der Waals surface area contributed by atoms with Crippen LogP contribution < -0.4 is 0 Å². The largest absolute Gasteiger partial charge is 0.396 e. The van der Waals surface area contributed by atoms with Gasteiger partial charge in [-0.25, -0.2) is 0 Å². The minimum absolute atomic E-state index is 0.0351. The van der Waals surface area contributed by atoms with E-state index in [1.807, 2.05) is 0 Å². The third kappa shape index (κ3) is 1.93. The van der Waals surface area contributed by atoms with Crippen LogP contribution in [-0.2, 0) is 4.79 Å². The van der Waals surface area contributed by atoms with Crippen molar-refractivity contribution in [1.82, 2.24) is 0 Å². The second-order valence-electron chi connectivity index (χ2n) is 10.1. The molecule has 0 aromatic rings. The lowest BCUT2D eigenvalue weighted by molar-refractivity contribution is -0.186. The fourth-order valence-electron chi connectivity index (χ4n) is 7.94. The van der Waals surface area contributed by atoms with Crippen molar-refractivity contribution in [1.29, 1.82) is 0 Å². The average molecular weight is 320 g/mol. The molecule has 2 N–H and O–H groups in total. The van der Waals surface area contributed by atoms with E-state index in [4.69, 9.17) is 0 Å². The average Bonchev–Trinajstić information content (AvgIpc) is 2.75. The zero-order valence-electron chi connectivity index (χ0n) is 14.8. The molecule has 3 heteroatoms. The molecule has 0 unspecified atom stereocenters. The normalized spacial score (nSPS) is 54.5. The van der Waals surface area contributed by atoms with Crippen molar-refractivity contribution >= 4 is 5.78 Å². The van der Waals surface area contributed by atoms with Crippen LogP contribution in [0, 0.1) is 39.9 Å². The Morgan fingerprint density at radius 2 is 1.83 bits per heavy atom. The molecule has 0 heterocycles. The van der Waals surface area contributed by atoms with Gasteiger partial charge in [0, 0.05) is 18.4 Å². The van der Waals surface area contributed by atoms with E-state index in [0.717, 1.165) is 12.8 Å². The maximum Gasteiger partial charge on any atom is 0.162 e. The summed E-state index contributed by atoms with van der Waals surface area (Å²) in [6.45, 7) is 6.89. The number of hydrogen-bond donors (Lipinski definition) is 2. The Morgan fingerprint density at radius 3 is 2.52 bits per heavy atom. The van der Waals surface area contributed by atoms with Gasteiger partial charge >= 0.3 is 0 Å². The second kappa shape index (κ2) is 4.82. The first kappa shape index (κ1) is 16.1. The highest BCUT2D eigenvalue weighted by molar-refractivity contribution is 5.85. The molecule has 0 radical (unpaired) electrons. The minimum Gasteiger partial charge on any atom is -0.396 e. The first-order valence-electron chi connectivity index (χ1n) is 9.56. The number of aliphatic hydroxyl groups excluding tert-OH is 2. The monoisotopic (exact) mass is 320 g/mol. The molecule has 4 rings (SSSR count). The van der Waals surface area contributed by atoms with Gasteiger partial charge in [-0.1, -0.05) is 20.8 Å². The van der Waals surface area contributed by atoms with Gasteiger partial charge in [0.25, 0.3) is 0 Å². The number of carbonyl (C=O) groups excluding carboxylic acids is 1. The van der Waals surface area contributed by atoms with E-state index < -0.39 is 6.10 Å². The number of ketones is 1. The summed E-state index contributed by atoms with van der Waals surface area (Å²) >= 11 is 0. The van der Waals surface area contributed by atoms with E-state index in [0.29, 0.717) is 42.1 Å². The molecule has 23 heavy (non-hydrogen) atoms. The lowest BCUT2D eigenvalue weighted by Gasteiger charge is -2.64. The SMILES string of the molecule is CC1(C)[C@H](O)C(=O)C[C@]2(C)[C@@H]1CC[C@@]13C[C@@H](CC[C@H]12)[C@@H](CO)C3. The number of fused-ring (bicyclic) bond motifs is 3. The maximum absolute atomic E-state index is 12.6. The van der Waals surface area contributed by atoms with Crippen LogP contribution in [0.25, 0.3) is 0 Å². The molecule has 0 saturated heterocycles. The highest BCUT2D eigenvalue weighted by Crippen LogP contribution is 2.71. The first-order valence-corrected chi connectivity index (χ1v) is 9.56. The molecule has 0 aliphatic heterocycles. The van der Waals surface area contributed by atoms with Crippen LogP contribution >= 0.6 is 0 Å². The summed E-state index contributed by atoms with van der Waals surface area (Å²) in [5, 5.41) is 20.3. The Kier molecular flexibility index (Phi) is 3.37. The quantitative estimate of drug-likeness (QED) is 0.780. The fraction of sp³-hybridized carbons (Fsp3) is 0.950. The highest BCUT2D eigenvalue weighted by atomic mass is 16.3. The van der Waals surface area contributed by atoms with Crippen molar-refractivity contribution in [3.05, 3.63) is 0 Å². The summed E-state index contributed by atoms with van der Waals surface area (Å²) in [7, 11) is 0. The minimum atomic E-state index is -0.792. The number of aliphatic hydroxyl groups is 2. The van der Waals surface area contributed by atoms with E-state index in [1.54, 1.807) is 0 Å². The Morgan fingerprint density at radius 1 is 1.09 bits per heavy atom. The Hall–Kier alpha value is -0.410. The molecule has 7 atom stereocenters. The van der Waals surface area contributed by atoms with E-state index in [9.17, 15) is 15.0 Å². The molecule has 4 fully saturated rings. The summed E-state index contributed by atoms with van der Waals surface area (Å²) in [6, 6.07) is 0. The Labute approximate surface area is 139 Å². The standard InChI is InChI=1S/C20H32O3/c1-18(2)15-6-7-20-8-12(13(9-20)11-21)4-5-16(20)19(15,3)10-14(22)17(18)23/h12-13,15-17,21,23H,4-11H2,1-3H3/t12-,13-,15-,16+,17-,19-,20+/m1/s1. The van der Waals surface area contributed by atoms with Gasteiger partial charge in [-0.15, -0.1) is 0 Å². The summed E-state index contributed by atoms with van der Waals surface area (Å²) in [4.78, 5) is 12.6. The molecular formula is C20H32O3. The van der Waals surface area contributed by atoms with Gasteiger partial charge in [-0.3, -0.25) is 4.79 Å². The molecule has 2 bridgehead atoms. The lowest BCUT2D eigenvalue weighted by atomic mass is 9.40. The van der Waals surface area contributed by atoms with Crippen molar-refractivity contribution in [2.24, 2.45) is 39.9 Å². The van der Waals surface area contributed by atoms with Gasteiger partial charge < -0.3 is 10.2 Å². The summed E-state index contributed by atoms with van der Waals surface area (Å²) in [5.41, 5.74) is 0.0884. The van der Waals surface area contributed by atoms with E-state index in [1.165, 1.54) is 25.7 Å². The van der Waals surface area contributed by atoms with E-state index >= 15 is 0 Å². The number of hydrogen-bond acceptors (Lipinski definition) is 3. The van der Waals surface area contributed by atoms with E-state index in [-0.39, 0.29) is 16.6 Å². The Bertz CT molecular complexity index is 527. The lowest BCUT2D eigenvalue weighted by Crippen LogP contribution is -2.62. The summed E-state index contributed by atoms with van der Waals surface area (Å²) in [5.74, 6) is 2.28. The second-order valence-corrected chi connectivity index (χ2v) is 10.1. The van der Waals surface area contributed by atoms with Crippen molar-refractivity contribution in [3.8, 4) is 0 Å². The fourth-order valence-corrected chi connectivity index (χ4v) is 7.94. The van der Waals surface area contributed by atoms with Gasteiger partial charge in [-0.05, 0) is 73.0 Å². The third-order valence-electron chi connectivity index (χ3n) is 8.79. The maximum atomic E-state index is 12.6.